The van der Waals surface area contributed by atoms with Crippen LogP contribution in [-0.4, -0.2) is 45.9 Å². The van der Waals surface area contributed by atoms with Gasteiger partial charge in [-0.2, -0.15) is 5.10 Å². The molecule has 2 amide bonds. The fraction of sp³-hybridized carbons (Fsp3) is 0.174. The van der Waals surface area contributed by atoms with Crippen LogP contribution in [0.25, 0.3) is 10.8 Å². The van der Waals surface area contributed by atoms with Gasteiger partial charge in [-0.25, -0.2) is 5.43 Å². The van der Waals surface area contributed by atoms with Crippen LogP contribution in [0.15, 0.2) is 59.7 Å². The Morgan fingerprint density at radius 1 is 0.903 bits per heavy atom. The SMILES string of the molecule is COc1ccc(C(=O)NCC(=O)N/N=C\c2c(OC)ccc3ccccc23)cc1OC. The zero-order valence-corrected chi connectivity index (χ0v) is 17.5. The van der Waals surface area contributed by atoms with E-state index in [-0.39, 0.29) is 6.54 Å². The van der Waals surface area contributed by atoms with E-state index < -0.39 is 11.8 Å². The molecule has 2 N–H and O–H groups in total. The van der Waals surface area contributed by atoms with Crippen molar-refractivity contribution in [2.45, 2.75) is 0 Å². The molecule has 3 aromatic rings. The zero-order chi connectivity index (χ0) is 22.2. The van der Waals surface area contributed by atoms with Crippen molar-refractivity contribution in [3.05, 3.63) is 65.7 Å². The molecule has 0 unspecified atom stereocenters. The van der Waals surface area contributed by atoms with Crippen LogP contribution in [-0.2, 0) is 4.79 Å². The summed E-state index contributed by atoms with van der Waals surface area (Å²) in [5.74, 6) is 0.682. The Labute approximate surface area is 179 Å². The number of methoxy groups -OCH3 is 3. The fourth-order valence-corrected chi connectivity index (χ4v) is 3.04. The lowest BCUT2D eigenvalue weighted by molar-refractivity contribution is -0.120. The molecule has 0 aromatic heterocycles. The number of fused-ring (bicyclic) bond motifs is 1. The van der Waals surface area contributed by atoms with Crippen LogP contribution in [0.1, 0.15) is 15.9 Å². The van der Waals surface area contributed by atoms with Gasteiger partial charge in [0, 0.05) is 11.1 Å². The summed E-state index contributed by atoms with van der Waals surface area (Å²) in [5.41, 5.74) is 3.50. The number of carbonyl (C=O) groups excluding carboxylic acids is 2. The van der Waals surface area contributed by atoms with Crippen molar-refractivity contribution in [3.8, 4) is 17.2 Å². The normalized spacial score (nSPS) is 10.7. The average molecular weight is 421 g/mol. The molecule has 0 aliphatic heterocycles. The molecule has 8 nitrogen and oxygen atoms in total. The second-order valence-electron chi connectivity index (χ2n) is 6.45. The first-order valence-electron chi connectivity index (χ1n) is 9.45. The van der Waals surface area contributed by atoms with Crippen LogP contribution >= 0.6 is 0 Å². The highest BCUT2D eigenvalue weighted by Gasteiger charge is 2.12. The third-order valence-electron chi connectivity index (χ3n) is 4.59. The van der Waals surface area contributed by atoms with Gasteiger partial charge in [-0.3, -0.25) is 9.59 Å². The van der Waals surface area contributed by atoms with E-state index in [2.05, 4.69) is 15.8 Å². The summed E-state index contributed by atoms with van der Waals surface area (Å²) in [5, 5.41) is 8.52. The van der Waals surface area contributed by atoms with E-state index in [1.807, 2.05) is 36.4 Å². The molecule has 0 saturated heterocycles. The van der Waals surface area contributed by atoms with E-state index in [0.29, 0.717) is 22.8 Å². The number of nitrogens with zero attached hydrogens (tertiary/aromatic N) is 1. The lowest BCUT2D eigenvalue weighted by atomic mass is 10.0. The molecule has 31 heavy (non-hydrogen) atoms. The van der Waals surface area contributed by atoms with Gasteiger partial charge in [0.25, 0.3) is 11.8 Å². The summed E-state index contributed by atoms with van der Waals surface area (Å²) in [6.45, 7) is -0.239. The topological polar surface area (TPSA) is 98.2 Å². The van der Waals surface area contributed by atoms with Crippen LogP contribution < -0.4 is 25.0 Å². The van der Waals surface area contributed by atoms with Crippen LogP contribution in [0.3, 0.4) is 0 Å². The van der Waals surface area contributed by atoms with Gasteiger partial charge in [0.2, 0.25) is 0 Å². The Balaban J connectivity index is 1.62. The minimum absolute atomic E-state index is 0.239. The molecule has 0 saturated carbocycles. The molecule has 0 aliphatic rings. The molecule has 3 aromatic carbocycles. The summed E-state index contributed by atoms with van der Waals surface area (Å²) >= 11 is 0. The second-order valence-corrected chi connectivity index (χ2v) is 6.45. The summed E-state index contributed by atoms with van der Waals surface area (Å²) < 4.78 is 15.7. The Morgan fingerprint density at radius 2 is 1.61 bits per heavy atom. The van der Waals surface area contributed by atoms with Gasteiger partial charge >= 0.3 is 0 Å². The Kier molecular flexibility index (Phi) is 7.05. The van der Waals surface area contributed by atoms with Gasteiger partial charge in [0.1, 0.15) is 5.75 Å². The maximum atomic E-state index is 12.3. The number of hydrazone groups is 1. The van der Waals surface area contributed by atoms with Gasteiger partial charge in [-0.15, -0.1) is 0 Å². The minimum Gasteiger partial charge on any atom is -0.496 e. The maximum Gasteiger partial charge on any atom is 0.259 e. The van der Waals surface area contributed by atoms with Crippen molar-refractivity contribution >= 4 is 28.8 Å². The van der Waals surface area contributed by atoms with E-state index in [9.17, 15) is 9.59 Å². The number of nitrogens with one attached hydrogen (secondary N) is 2. The Morgan fingerprint density at radius 3 is 2.35 bits per heavy atom. The van der Waals surface area contributed by atoms with E-state index in [1.165, 1.54) is 26.5 Å². The standard InChI is InChI=1S/C23H23N3O5/c1-29-19-10-8-15-6-4-5-7-17(15)18(19)13-25-26-22(27)14-24-23(28)16-9-11-20(30-2)21(12-16)31-3/h4-13H,14H2,1-3H3,(H,24,28)(H,26,27)/b25-13-. The first-order chi connectivity index (χ1) is 15.1. The number of carbonyl (C=O) groups is 2. The predicted molar refractivity (Wildman–Crippen MR) is 118 cm³/mol. The molecular weight excluding hydrogens is 398 g/mol. The first-order valence-corrected chi connectivity index (χ1v) is 9.45. The summed E-state index contributed by atoms with van der Waals surface area (Å²) in [7, 11) is 4.57. The molecule has 8 heteroatoms. The van der Waals surface area contributed by atoms with Crippen LogP contribution in [0, 0.1) is 0 Å². The maximum absolute atomic E-state index is 12.3. The van der Waals surface area contributed by atoms with Gasteiger partial charge in [-0.05, 0) is 35.0 Å². The third kappa shape index (κ3) is 5.11. The first kappa shape index (κ1) is 21.6. The number of amides is 2. The third-order valence-corrected chi connectivity index (χ3v) is 4.59. The number of rotatable bonds is 8. The molecule has 0 radical (unpaired) electrons. The van der Waals surface area contributed by atoms with Gasteiger partial charge in [0.15, 0.2) is 11.5 Å². The summed E-state index contributed by atoms with van der Waals surface area (Å²) in [4.78, 5) is 24.4. The molecule has 0 heterocycles. The number of hydrogen-bond donors (Lipinski definition) is 2. The van der Waals surface area contributed by atoms with Gasteiger partial charge < -0.3 is 19.5 Å². The van der Waals surface area contributed by atoms with Crippen molar-refractivity contribution in [2.24, 2.45) is 5.10 Å². The smallest absolute Gasteiger partial charge is 0.259 e. The van der Waals surface area contributed by atoms with Crippen molar-refractivity contribution in [2.75, 3.05) is 27.9 Å². The van der Waals surface area contributed by atoms with Crippen molar-refractivity contribution in [1.29, 1.82) is 0 Å². The largest absolute Gasteiger partial charge is 0.496 e. The van der Waals surface area contributed by atoms with Crippen molar-refractivity contribution in [3.63, 3.8) is 0 Å². The molecule has 0 fully saturated rings. The number of benzene rings is 3. The highest BCUT2D eigenvalue weighted by molar-refractivity contribution is 6.03. The van der Waals surface area contributed by atoms with Crippen LogP contribution in [0.2, 0.25) is 0 Å². The van der Waals surface area contributed by atoms with Gasteiger partial charge in [-0.1, -0.05) is 30.3 Å². The molecule has 0 aliphatic carbocycles. The van der Waals surface area contributed by atoms with Crippen LogP contribution in [0.4, 0.5) is 0 Å². The highest BCUT2D eigenvalue weighted by atomic mass is 16.5. The summed E-state index contributed by atoms with van der Waals surface area (Å²) in [6.07, 6.45) is 1.52. The van der Waals surface area contributed by atoms with E-state index >= 15 is 0 Å². The second kappa shape index (κ2) is 10.1. The quantitative estimate of drug-likeness (QED) is 0.431. The predicted octanol–water partition coefficient (Wildman–Crippen LogP) is 2.75. The molecule has 160 valence electrons. The fourth-order valence-electron chi connectivity index (χ4n) is 3.04. The zero-order valence-electron chi connectivity index (χ0n) is 17.5. The highest BCUT2D eigenvalue weighted by Crippen LogP contribution is 2.27. The Bertz CT molecular complexity index is 1130. The molecule has 3 rings (SSSR count). The van der Waals surface area contributed by atoms with Crippen molar-refractivity contribution in [1.82, 2.24) is 10.7 Å². The molecule has 0 atom stereocenters. The van der Waals surface area contributed by atoms with E-state index in [0.717, 1.165) is 16.3 Å². The lowest BCUT2D eigenvalue weighted by Gasteiger charge is -2.10. The summed E-state index contributed by atoms with van der Waals surface area (Å²) in [6, 6.07) is 16.3. The van der Waals surface area contributed by atoms with Crippen LogP contribution in [0.5, 0.6) is 17.2 Å². The van der Waals surface area contributed by atoms with E-state index in [4.69, 9.17) is 14.2 Å². The molecule has 0 spiro atoms. The molecular formula is C23H23N3O5. The molecule has 0 bridgehead atoms. The van der Waals surface area contributed by atoms with E-state index in [1.54, 1.807) is 19.2 Å². The monoisotopic (exact) mass is 421 g/mol. The van der Waals surface area contributed by atoms with Crippen molar-refractivity contribution < 1.29 is 23.8 Å². The number of ether oxygens (including phenoxy) is 3. The average Bonchev–Trinajstić information content (AvgIpc) is 2.82. The minimum atomic E-state index is -0.468. The lowest BCUT2D eigenvalue weighted by Crippen LogP contribution is -2.34. The Hall–Kier alpha value is -4.07. The van der Waals surface area contributed by atoms with Gasteiger partial charge in [0.05, 0.1) is 34.1 Å². The number of hydrogen-bond acceptors (Lipinski definition) is 6.